The summed E-state index contributed by atoms with van der Waals surface area (Å²) in [5.74, 6) is 1.01. The highest BCUT2D eigenvalue weighted by Gasteiger charge is 2.31. The van der Waals surface area contributed by atoms with Crippen LogP contribution in [0.2, 0.25) is 0 Å². The zero-order valence-electron chi connectivity index (χ0n) is 14.6. The Labute approximate surface area is 155 Å². The molecular formula is C19H19F3N4O. The molecule has 27 heavy (non-hydrogen) atoms. The van der Waals surface area contributed by atoms with Crippen molar-refractivity contribution < 1.29 is 17.9 Å². The quantitative estimate of drug-likeness (QED) is 0.802. The Morgan fingerprint density at radius 3 is 2.59 bits per heavy atom. The van der Waals surface area contributed by atoms with Gasteiger partial charge in [0, 0.05) is 38.9 Å². The molecule has 0 bridgehead atoms. The molecule has 0 radical (unpaired) electrons. The molecule has 1 aliphatic rings. The van der Waals surface area contributed by atoms with Crippen LogP contribution in [0.15, 0.2) is 42.6 Å². The predicted molar refractivity (Wildman–Crippen MR) is 94.5 cm³/mol. The molecule has 5 nitrogen and oxygen atoms in total. The van der Waals surface area contributed by atoms with E-state index in [-0.39, 0.29) is 0 Å². The Balaban J connectivity index is 1.47. The molecule has 1 aromatic heterocycles. The van der Waals surface area contributed by atoms with Gasteiger partial charge in [-0.1, -0.05) is 6.07 Å². The summed E-state index contributed by atoms with van der Waals surface area (Å²) in [6.07, 6.45) is -3.16. The Morgan fingerprint density at radius 2 is 1.89 bits per heavy atom. The van der Waals surface area contributed by atoms with Gasteiger partial charge >= 0.3 is 6.18 Å². The SMILES string of the molecule is N#Cc1cccc(OCCN2CCN(c3cc(C(F)(F)F)ccn3)CC2)c1. The third-order valence-electron chi connectivity index (χ3n) is 4.41. The predicted octanol–water partition coefficient (Wildman–Crippen LogP) is 3.17. The minimum atomic E-state index is -4.36. The van der Waals surface area contributed by atoms with Crippen LogP contribution in [0.1, 0.15) is 11.1 Å². The number of anilines is 1. The van der Waals surface area contributed by atoms with E-state index in [1.54, 1.807) is 24.3 Å². The van der Waals surface area contributed by atoms with E-state index < -0.39 is 11.7 Å². The molecular weight excluding hydrogens is 357 g/mol. The number of pyridine rings is 1. The van der Waals surface area contributed by atoms with Gasteiger partial charge in [0.15, 0.2) is 0 Å². The van der Waals surface area contributed by atoms with Crippen LogP contribution < -0.4 is 9.64 Å². The average molecular weight is 376 g/mol. The minimum absolute atomic E-state index is 0.356. The molecule has 8 heteroatoms. The highest BCUT2D eigenvalue weighted by molar-refractivity contribution is 5.42. The van der Waals surface area contributed by atoms with Crippen molar-refractivity contribution in [2.75, 3.05) is 44.2 Å². The highest BCUT2D eigenvalue weighted by Crippen LogP contribution is 2.30. The number of piperazine rings is 1. The van der Waals surface area contributed by atoms with Crippen molar-refractivity contribution in [2.24, 2.45) is 0 Å². The smallest absolute Gasteiger partial charge is 0.416 e. The van der Waals surface area contributed by atoms with E-state index >= 15 is 0 Å². The maximum atomic E-state index is 12.8. The fourth-order valence-corrected chi connectivity index (χ4v) is 2.92. The molecule has 0 unspecified atom stereocenters. The number of benzene rings is 1. The number of nitrogens with zero attached hydrogens (tertiary/aromatic N) is 4. The highest BCUT2D eigenvalue weighted by atomic mass is 19.4. The number of rotatable bonds is 5. The normalized spacial score (nSPS) is 15.4. The number of ether oxygens (including phenoxy) is 1. The van der Waals surface area contributed by atoms with Crippen LogP contribution >= 0.6 is 0 Å². The number of hydrogen-bond acceptors (Lipinski definition) is 5. The lowest BCUT2D eigenvalue weighted by Crippen LogP contribution is -2.47. The fraction of sp³-hybridized carbons (Fsp3) is 0.368. The van der Waals surface area contributed by atoms with Crippen molar-refractivity contribution in [3.8, 4) is 11.8 Å². The lowest BCUT2D eigenvalue weighted by Gasteiger charge is -2.35. The van der Waals surface area contributed by atoms with Gasteiger partial charge < -0.3 is 9.64 Å². The molecule has 0 saturated carbocycles. The molecule has 0 amide bonds. The van der Waals surface area contributed by atoms with E-state index in [0.717, 1.165) is 25.2 Å². The number of nitriles is 1. The monoisotopic (exact) mass is 376 g/mol. The van der Waals surface area contributed by atoms with Crippen molar-refractivity contribution in [3.63, 3.8) is 0 Å². The number of alkyl halides is 3. The van der Waals surface area contributed by atoms with Crippen LogP contribution in [0.4, 0.5) is 19.0 Å². The van der Waals surface area contributed by atoms with Crippen LogP contribution in [0.5, 0.6) is 5.75 Å². The van der Waals surface area contributed by atoms with Gasteiger partial charge in [-0.05, 0) is 30.3 Å². The maximum absolute atomic E-state index is 12.8. The van der Waals surface area contributed by atoms with Crippen molar-refractivity contribution >= 4 is 5.82 Å². The lowest BCUT2D eigenvalue weighted by molar-refractivity contribution is -0.137. The van der Waals surface area contributed by atoms with E-state index in [2.05, 4.69) is 16.0 Å². The van der Waals surface area contributed by atoms with Crippen molar-refractivity contribution in [1.29, 1.82) is 5.26 Å². The molecule has 1 fully saturated rings. The standard InChI is InChI=1S/C19H19F3N4O/c20-19(21,22)16-4-5-24-18(13-16)26-8-6-25(7-9-26)10-11-27-17-3-1-2-15(12-17)14-23/h1-5,12-13H,6-11H2. The largest absolute Gasteiger partial charge is 0.492 e. The average Bonchev–Trinajstić information content (AvgIpc) is 2.68. The topological polar surface area (TPSA) is 52.4 Å². The van der Waals surface area contributed by atoms with Crippen LogP contribution in [-0.4, -0.2) is 49.2 Å². The second kappa shape index (κ2) is 8.27. The number of halogens is 3. The zero-order valence-corrected chi connectivity index (χ0v) is 14.6. The lowest BCUT2D eigenvalue weighted by atomic mass is 10.2. The minimum Gasteiger partial charge on any atom is -0.492 e. The number of aromatic nitrogens is 1. The van der Waals surface area contributed by atoms with Crippen LogP contribution in [0.25, 0.3) is 0 Å². The molecule has 0 aliphatic carbocycles. The van der Waals surface area contributed by atoms with Gasteiger partial charge in [-0.25, -0.2) is 4.98 Å². The zero-order chi connectivity index (χ0) is 19.3. The van der Waals surface area contributed by atoms with Gasteiger partial charge in [-0.3, -0.25) is 4.90 Å². The Bertz CT molecular complexity index is 811. The Hall–Kier alpha value is -2.79. The number of hydrogen-bond donors (Lipinski definition) is 0. The molecule has 1 saturated heterocycles. The third kappa shape index (κ3) is 5.11. The molecule has 0 spiro atoms. The summed E-state index contributed by atoms with van der Waals surface area (Å²) in [7, 11) is 0. The van der Waals surface area contributed by atoms with Gasteiger partial charge in [0.2, 0.25) is 0 Å². The molecule has 0 N–H and O–H groups in total. The first-order valence-electron chi connectivity index (χ1n) is 8.59. The molecule has 1 aliphatic heterocycles. The second-order valence-corrected chi connectivity index (χ2v) is 6.22. The first-order chi connectivity index (χ1) is 13.0. The fourth-order valence-electron chi connectivity index (χ4n) is 2.92. The van der Waals surface area contributed by atoms with Gasteiger partial charge in [-0.15, -0.1) is 0 Å². The summed E-state index contributed by atoms with van der Waals surface area (Å²) in [4.78, 5) is 8.13. The molecule has 2 heterocycles. The van der Waals surface area contributed by atoms with E-state index in [9.17, 15) is 13.2 Å². The van der Waals surface area contributed by atoms with Gasteiger partial charge in [-0.2, -0.15) is 18.4 Å². The van der Waals surface area contributed by atoms with Crippen molar-refractivity contribution in [2.45, 2.75) is 6.18 Å². The first-order valence-corrected chi connectivity index (χ1v) is 8.59. The first kappa shape index (κ1) is 19.0. The van der Waals surface area contributed by atoms with Crippen LogP contribution in [-0.2, 0) is 6.18 Å². The summed E-state index contributed by atoms with van der Waals surface area (Å²) < 4.78 is 44.2. The summed E-state index contributed by atoms with van der Waals surface area (Å²) in [5, 5.41) is 8.89. The summed E-state index contributed by atoms with van der Waals surface area (Å²) >= 11 is 0. The van der Waals surface area contributed by atoms with Crippen LogP contribution in [0.3, 0.4) is 0 Å². The van der Waals surface area contributed by atoms with Gasteiger partial charge in [0.25, 0.3) is 0 Å². The van der Waals surface area contributed by atoms with E-state index in [1.165, 1.54) is 6.20 Å². The van der Waals surface area contributed by atoms with Crippen LogP contribution in [0, 0.1) is 11.3 Å². The van der Waals surface area contributed by atoms with Crippen molar-refractivity contribution in [1.82, 2.24) is 9.88 Å². The Kier molecular flexibility index (Phi) is 5.81. The maximum Gasteiger partial charge on any atom is 0.416 e. The summed E-state index contributed by atoms with van der Waals surface area (Å²) in [6, 6.07) is 11.1. The van der Waals surface area contributed by atoms with E-state index in [1.807, 2.05) is 4.90 Å². The van der Waals surface area contributed by atoms with E-state index in [4.69, 9.17) is 10.00 Å². The summed E-state index contributed by atoms with van der Waals surface area (Å²) in [6.45, 7) is 3.85. The molecule has 142 valence electrons. The van der Waals surface area contributed by atoms with Gasteiger partial charge in [0.1, 0.15) is 18.2 Å². The molecule has 0 atom stereocenters. The molecule has 1 aromatic carbocycles. The summed E-state index contributed by atoms with van der Waals surface area (Å²) in [5.41, 5.74) is -0.127. The molecule has 2 aromatic rings. The second-order valence-electron chi connectivity index (χ2n) is 6.22. The third-order valence-corrected chi connectivity index (χ3v) is 4.41. The molecule has 3 rings (SSSR count). The van der Waals surface area contributed by atoms with Crippen molar-refractivity contribution in [3.05, 3.63) is 53.7 Å². The Morgan fingerprint density at radius 1 is 1.11 bits per heavy atom. The van der Waals surface area contributed by atoms with E-state index in [0.29, 0.717) is 43.4 Å². The van der Waals surface area contributed by atoms with Gasteiger partial charge in [0.05, 0.1) is 17.2 Å².